The molecule has 0 saturated heterocycles. The van der Waals surface area contributed by atoms with Gasteiger partial charge in [0.25, 0.3) is 0 Å². The molecule has 1 aliphatic rings. The lowest BCUT2D eigenvalue weighted by molar-refractivity contribution is 0.193. The summed E-state index contributed by atoms with van der Waals surface area (Å²) in [5.74, 6) is -0.309. The zero-order valence-electron chi connectivity index (χ0n) is 7.71. The van der Waals surface area contributed by atoms with E-state index in [2.05, 4.69) is 21.2 Å². The molecule has 0 unspecified atom stereocenters. The van der Waals surface area contributed by atoms with Gasteiger partial charge in [-0.3, -0.25) is 0 Å². The standard InChI is InChI=1S/C10H9BrFNO2/c11-5-1-2-8(12)6(3-5)7-4-9(7)13-10(14)15/h1-3,7,9,13H,4H2,(H,14,15)/t7-,9+/m0/s1. The van der Waals surface area contributed by atoms with Crippen LogP contribution < -0.4 is 5.32 Å². The Balaban J connectivity index is 2.12. The molecular formula is C10H9BrFNO2. The van der Waals surface area contributed by atoms with E-state index in [4.69, 9.17) is 5.11 Å². The van der Waals surface area contributed by atoms with Crippen LogP contribution in [0.5, 0.6) is 0 Å². The highest BCUT2D eigenvalue weighted by molar-refractivity contribution is 9.10. The van der Waals surface area contributed by atoms with E-state index in [9.17, 15) is 9.18 Å². The van der Waals surface area contributed by atoms with E-state index in [-0.39, 0.29) is 17.8 Å². The summed E-state index contributed by atoms with van der Waals surface area (Å²) in [7, 11) is 0. The number of rotatable bonds is 2. The minimum absolute atomic E-state index is 0.0291. The first-order chi connectivity index (χ1) is 7.08. The third-order valence-corrected chi connectivity index (χ3v) is 2.95. The summed E-state index contributed by atoms with van der Waals surface area (Å²) in [6.45, 7) is 0. The molecule has 2 atom stereocenters. The van der Waals surface area contributed by atoms with Crippen molar-refractivity contribution in [2.24, 2.45) is 0 Å². The van der Waals surface area contributed by atoms with Gasteiger partial charge in [-0.25, -0.2) is 9.18 Å². The average Bonchev–Trinajstić information content (AvgIpc) is 2.87. The minimum Gasteiger partial charge on any atom is -0.465 e. The molecule has 1 aromatic carbocycles. The second-order valence-corrected chi connectivity index (χ2v) is 4.48. The van der Waals surface area contributed by atoms with Crippen molar-refractivity contribution in [1.29, 1.82) is 0 Å². The number of amides is 1. The quantitative estimate of drug-likeness (QED) is 0.871. The first-order valence-corrected chi connectivity index (χ1v) is 5.31. The van der Waals surface area contributed by atoms with E-state index < -0.39 is 6.09 Å². The van der Waals surface area contributed by atoms with Crippen LogP contribution in [0, 0.1) is 5.82 Å². The molecule has 0 aliphatic heterocycles. The molecule has 0 bridgehead atoms. The first kappa shape index (κ1) is 10.4. The van der Waals surface area contributed by atoms with Crippen molar-refractivity contribution in [1.82, 2.24) is 5.32 Å². The van der Waals surface area contributed by atoms with E-state index in [1.807, 2.05) is 0 Å². The molecular weight excluding hydrogens is 265 g/mol. The second-order valence-electron chi connectivity index (χ2n) is 3.56. The van der Waals surface area contributed by atoms with Crippen molar-refractivity contribution in [3.05, 3.63) is 34.1 Å². The Labute approximate surface area is 94.4 Å². The van der Waals surface area contributed by atoms with Gasteiger partial charge in [0.2, 0.25) is 0 Å². The molecule has 0 heterocycles. The van der Waals surface area contributed by atoms with Crippen LogP contribution in [-0.4, -0.2) is 17.2 Å². The van der Waals surface area contributed by atoms with Crippen LogP contribution in [0.2, 0.25) is 0 Å². The highest BCUT2D eigenvalue weighted by atomic mass is 79.9. The molecule has 1 aliphatic carbocycles. The van der Waals surface area contributed by atoms with Gasteiger partial charge < -0.3 is 10.4 Å². The summed E-state index contributed by atoms with van der Waals surface area (Å²) < 4.78 is 14.2. The van der Waals surface area contributed by atoms with Gasteiger partial charge >= 0.3 is 6.09 Å². The minimum atomic E-state index is -1.06. The zero-order valence-corrected chi connectivity index (χ0v) is 9.29. The second kappa shape index (κ2) is 3.81. The Kier molecular flexibility index (Phi) is 2.65. The maximum absolute atomic E-state index is 13.4. The number of hydrogen-bond donors (Lipinski definition) is 2. The van der Waals surface area contributed by atoms with Crippen molar-refractivity contribution >= 4 is 22.0 Å². The molecule has 1 amide bonds. The van der Waals surface area contributed by atoms with Crippen LogP contribution in [0.3, 0.4) is 0 Å². The van der Waals surface area contributed by atoms with Gasteiger partial charge in [-0.1, -0.05) is 15.9 Å². The highest BCUT2D eigenvalue weighted by Gasteiger charge is 2.41. The van der Waals surface area contributed by atoms with E-state index in [0.29, 0.717) is 12.0 Å². The number of halogens is 2. The van der Waals surface area contributed by atoms with Crippen LogP contribution in [0.4, 0.5) is 9.18 Å². The lowest BCUT2D eigenvalue weighted by Gasteiger charge is -2.03. The maximum atomic E-state index is 13.4. The molecule has 5 heteroatoms. The van der Waals surface area contributed by atoms with Crippen LogP contribution in [0.1, 0.15) is 17.9 Å². The monoisotopic (exact) mass is 273 g/mol. The van der Waals surface area contributed by atoms with Gasteiger partial charge in [-0.2, -0.15) is 0 Å². The fraction of sp³-hybridized carbons (Fsp3) is 0.300. The Morgan fingerprint density at radius 2 is 2.33 bits per heavy atom. The summed E-state index contributed by atoms with van der Waals surface area (Å²) in [6.07, 6.45) is -0.391. The van der Waals surface area contributed by atoms with E-state index in [1.54, 1.807) is 12.1 Å². The molecule has 80 valence electrons. The molecule has 3 nitrogen and oxygen atoms in total. The molecule has 1 aromatic rings. The van der Waals surface area contributed by atoms with E-state index >= 15 is 0 Å². The molecule has 1 fully saturated rings. The Morgan fingerprint density at radius 1 is 1.60 bits per heavy atom. The lowest BCUT2D eigenvalue weighted by Crippen LogP contribution is -2.24. The van der Waals surface area contributed by atoms with Gasteiger partial charge in [-0.15, -0.1) is 0 Å². The van der Waals surface area contributed by atoms with Crippen LogP contribution in [-0.2, 0) is 0 Å². The predicted molar refractivity (Wildman–Crippen MR) is 56.4 cm³/mol. The molecule has 0 aromatic heterocycles. The van der Waals surface area contributed by atoms with Gasteiger partial charge in [0.1, 0.15) is 5.82 Å². The summed E-state index contributed by atoms with van der Waals surface area (Å²) in [4.78, 5) is 10.4. The topological polar surface area (TPSA) is 49.3 Å². The van der Waals surface area contributed by atoms with Crippen molar-refractivity contribution in [2.45, 2.75) is 18.4 Å². The zero-order chi connectivity index (χ0) is 11.0. The summed E-state index contributed by atoms with van der Waals surface area (Å²) in [6, 6.07) is 4.56. The summed E-state index contributed by atoms with van der Waals surface area (Å²) >= 11 is 3.26. The predicted octanol–water partition coefficient (Wildman–Crippen LogP) is 2.71. The molecule has 1 saturated carbocycles. The van der Waals surface area contributed by atoms with E-state index in [1.165, 1.54) is 6.07 Å². The summed E-state index contributed by atoms with van der Waals surface area (Å²) in [5.41, 5.74) is 0.572. The number of carbonyl (C=O) groups is 1. The van der Waals surface area contributed by atoms with Gasteiger partial charge in [-0.05, 0) is 30.2 Å². The molecule has 15 heavy (non-hydrogen) atoms. The SMILES string of the molecule is O=C(O)N[C@@H]1C[C@H]1c1cc(Br)ccc1F. The highest BCUT2D eigenvalue weighted by Crippen LogP contribution is 2.42. The Hall–Kier alpha value is -1.10. The normalized spacial score (nSPS) is 23.6. The Bertz CT molecular complexity index is 410. The van der Waals surface area contributed by atoms with Crippen LogP contribution in [0.15, 0.2) is 22.7 Å². The number of carboxylic acid groups (broad SMARTS) is 1. The number of hydrogen-bond acceptors (Lipinski definition) is 1. The smallest absolute Gasteiger partial charge is 0.404 e. The average molecular weight is 274 g/mol. The van der Waals surface area contributed by atoms with Gasteiger partial charge in [0.15, 0.2) is 0 Å². The molecule has 2 N–H and O–H groups in total. The van der Waals surface area contributed by atoms with Crippen molar-refractivity contribution < 1.29 is 14.3 Å². The Morgan fingerprint density at radius 3 is 3.00 bits per heavy atom. The third kappa shape index (κ3) is 2.28. The molecule has 0 spiro atoms. The largest absolute Gasteiger partial charge is 0.465 e. The van der Waals surface area contributed by atoms with Crippen LogP contribution >= 0.6 is 15.9 Å². The summed E-state index contributed by atoms with van der Waals surface area (Å²) in [5, 5.41) is 10.8. The van der Waals surface area contributed by atoms with Crippen molar-refractivity contribution in [3.63, 3.8) is 0 Å². The molecule has 2 rings (SSSR count). The third-order valence-electron chi connectivity index (χ3n) is 2.46. The van der Waals surface area contributed by atoms with Gasteiger partial charge in [0.05, 0.1) is 0 Å². The number of nitrogens with one attached hydrogen (secondary N) is 1. The van der Waals surface area contributed by atoms with E-state index in [0.717, 1.165) is 4.47 Å². The van der Waals surface area contributed by atoms with Crippen molar-refractivity contribution in [3.8, 4) is 0 Å². The first-order valence-electron chi connectivity index (χ1n) is 4.52. The fourth-order valence-electron chi connectivity index (χ4n) is 1.66. The van der Waals surface area contributed by atoms with Crippen LogP contribution in [0.25, 0.3) is 0 Å². The maximum Gasteiger partial charge on any atom is 0.404 e. The molecule has 0 radical (unpaired) electrons. The lowest BCUT2D eigenvalue weighted by atomic mass is 10.1. The number of benzene rings is 1. The van der Waals surface area contributed by atoms with Gasteiger partial charge in [0, 0.05) is 16.4 Å². The van der Waals surface area contributed by atoms with Crippen molar-refractivity contribution in [2.75, 3.05) is 0 Å². The fourth-order valence-corrected chi connectivity index (χ4v) is 2.03.